The number of nitrogens with two attached hydrogens (primary N) is 1. The van der Waals surface area contributed by atoms with Crippen molar-refractivity contribution in [2.45, 2.75) is 20.8 Å². The number of carbonyl (C=O) groups excluding carboxylic acids is 1. The Morgan fingerprint density at radius 3 is 2.71 bits per heavy atom. The molecule has 0 saturated heterocycles. The van der Waals surface area contributed by atoms with E-state index in [1.807, 2.05) is 31.2 Å². The maximum absolute atomic E-state index is 12.1. The van der Waals surface area contributed by atoms with E-state index in [4.69, 9.17) is 5.73 Å². The number of benzene rings is 1. The van der Waals surface area contributed by atoms with Crippen LogP contribution in [0.2, 0.25) is 0 Å². The number of anilines is 1. The average Bonchev–Trinajstić information content (AvgIpc) is 2.85. The van der Waals surface area contributed by atoms with Gasteiger partial charge in [0.1, 0.15) is 0 Å². The van der Waals surface area contributed by atoms with E-state index in [0.29, 0.717) is 11.5 Å². The lowest BCUT2D eigenvalue weighted by atomic mass is 9.92. The fourth-order valence-electron chi connectivity index (χ4n) is 1.58. The van der Waals surface area contributed by atoms with Crippen LogP contribution in [-0.2, 0) is 4.79 Å². The molecule has 21 heavy (non-hydrogen) atoms. The van der Waals surface area contributed by atoms with Gasteiger partial charge in [-0.2, -0.15) is 4.68 Å². The van der Waals surface area contributed by atoms with Crippen LogP contribution in [0.5, 0.6) is 0 Å². The number of hydrogen-bond acceptors (Lipinski definition) is 5. The number of aryl methyl sites for hydroxylation is 1. The van der Waals surface area contributed by atoms with E-state index < -0.39 is 5.41 Å². The molecule has 2 aromatic rings. The highest BCUT2D eigenvalue weighted by atomic mass is 35.5. The molecule has 0 fully saturated rings. The summed E-state index contributed by atoms with van der Waals surface area (Å²) in [6, 6.07) is 7.33. The smallest absolute Gasteiger partial charge is 0.231 e. The number of amides is 1. The maximum atomic E-state index is 12.1. The topological polar surface area (TPSA) is 98.7 Å². The highest BCUT2D eigenvalue weighted by Gasteiger charge is 2.25. The molecule has 0 saturated carbocycles. The van der Waals surface area contributed by atoms with Crippen LogP contribution in [0.1, 0.15) is 19.7 Å². The fraction of sp³-hybridized carbons (Fsp3) is 0.385. The molecule has 0 aliphatic carbocycles. The monoisotopic (exact) mass is 310 g/mol. The van der Waals surface area contributed by atoms with Crippen molar-refractivity contribution in [1.82, 2.24) is 20.2 Å². The molecule has 114 valence electrons. The summed E-state index contributed by atoms with van der Waals surface area (Å²) in [4.78, 5) is 12.1. The van der Waals surface area contributed by atoms with Crippen molar-refractivity contribution >= 4 is 24.0 Å². The molecule has 0 aliphatic rings. The van der Waals surface area contributed by atoms with Gasteiger partial charge in [-0.15, -0.1) is 17.5 Å². The lowest BCUT2D eigenvalue weighted by Crippen LogP contribution is -2.37. The fourth-order valence-corrected chi connectivity index (χ4v) is 1.58. The van der Waals surface area contributed by atoms with Crippen LogP contribution in [-0.4, -0.2) is 32.7 Å². The molecule has 0 unspecified atom stereocenters. The Morgan fingerprint density at radius 2 is 2.14 bits per heavy atom. The van der Waals surface area contributed by atoms with Crippen LogP contribution in [0.15, 0.2) is 24.3 Å². The van der Waals surface area contributed by atoms with E-state index in [9.17, 15) is 4.79 Å². The van der Waals surface area contributed by atoms with Gasteiger partial charge in [0.2, 0.25) is 5.91 Å². The second-order valence-corrected chi connectivity index (χ2v) is 5.23. The third-order valence-corrected chi connectivity index (χ3v) is 3.10. The largest absolute Gasteiger partial charge is 0.329 e. The molecule has 0 aliphatic heterocycles. The lowest BCUT2D eigenvalue weighted by Gasteiger charge is -2.21. The first-order valence-electron chi connectivity index (χ1n) is 6.31. The Labute approximate surface area is 129 Å². The zero-order chi connectivity index (χ0) is 14.8. The number of rotatable bonds is 4. The van der Waals surface area contributed by atoms with Gasteiger partial charge in [-0.25, -0.2) is 0 Å². The summed E-state index contributed by atoms with van der Waals surface area (Å²) in [6.07, 6.45) is 0. The second-order valence-electron chi connectivity index (χ2n) is 5.23. The first-order valence-corrected chi connectivity index (χ1v) is 6.31. The molecule has 0 bridgehead atoms. The quantitative estimate of drug-likeness (QED) is 0.887. The summed E-state index contributed by atoms with van der Waals surface area (Å²) in [5.74, 6) is 0.557. The minimum absolute atomic E-state index is 0. The molecule has 7 nitrogen and oxygen atoms in total. The number of halogens is 1. The standard InChI is InChI=1S/C13H18N6O.ClH/c1-9-16-17-18-19(9)11-6-4-5-10(7-11)15-12(20)13(2,3)8-14;/h4-7H,8,14H2,1-3H3,(H,15,20);1H. The van der Waals surface area contributed by atoms with Crippen LogP contribution < -0.4 is 11.1 Å². The van der Waals surface area contributed by atoms with Crippen molar-refractivity contribution in [3.63, 3.8) is 0 Å². The zero-order valence-corrected chi connectivity index (χ0v) is 13.0. The molecule has 0 spiro atoms. The summed E-state index contributed by atoms with van der Waals surface area (Å²) in [5.41, 5.74) is 6.46. The van der Waals surface area contributed by atoms with Gasteiger partial charge < -0.3 is 11.1 Å². The average molecular weight is 311 g/mol. The van der Waals surface area contributed by atoms with Crippen molar-refractivity contribution in [2.24, 2.45) is 11.1 Å². The predicted octanol–water partition coefficient (Wildman–Crippen LogP) is 1.32. The number of aromatic nitrogens is 4. The van der Waals surface area contributed by atoms with E-state index in [1.54, 1.807) is 18.5 Å². The Morgan fingerprint density at radius 1 is 1.43 bits per heavy atom. The molecule has 8 heteroatoms. The molecule has 3 N–H and O–H groups in total. The van der Waals surface area contributed by atoms with E-state index >= 15 is 0 Å². The first kappa shape index (κ1) is 17.1. The number of nitrogens with one attached hydrogen (secondary N) is 1. The van der Waals surface area contributed by atoms with E-state index in [2.05, 4.69) is 20.8 Å². The molecule has 2 rings (SSSR count). The van der Waals surface area contributed by atoms with Crippen molar-refractivity contribution in [3.8, 4) is 5.69 Å². The molecule has 1 amide bonds. The Kier molecular flexibility index (Phi) is 5.40. The molecular formula is C13H19ClN6O. The SMILES string of the molecule is Cc1nnnn1-c1cccc(NC(=O)C(C)(C)CN)c1.Cl. The highest BCUT2D eigenvalue weighted by Crippen LogP contribution is 2.19. The number of carbonyl (C=O) groups is 1. The van der Waals surface area contributed by atoms with Crippen LogP contribution in [0.4, 0.5) is 5.69 Å². The van der Waals surface area contributed by atoms with Crippen molar-refractivity contribution < 1.29 is 4.79 Å². The summed E-state index contributed by atoms with van der Waals surface area (Å²) in [5, 5.41) is 14.2. The lowest BCUT2D eigenvalue weighted by molar-refractivity contribution is -0.123. The third-order valence-electron chi connectivity index (χ3n) is 3.10. The Bertz CT molecular complexity index is 625. The van der Waals surface area contributed by atoms with Crippen LogP contribution >= 0.6 is 12.4 Å². The molecule has 1 aromatic heterocycles. The third kappa shape index (κ3) is 3.77. The predicted molar refractivity (Wildman–Crippen MR) is 82.6 cm³/mol. The van der Waals surface area contributed by atoms with Gasteiger partial charge in [0.15, 0.2) is 5.82 Å². The number of tetrazole rings is 1. The van der Waals surface area contributed by atoms with Crippen LogP contribution in [0, 0.1) is 12.3 Å². The van der Waals surface area contributed by atoms with Gasteiger partial charge in [-0.05, 0) is 49.4 Å². The van der Waals surface area contributed by atoms with E-state index in [1.165, 1.54) is 0 Å². The van der Waals surface area contributed by atoms with E-state index in [-0.39, 0.29) is 24.9 Å². The van der Waals surface area contributed by atoms with Crippen LogP contribution in [0.25, 0.3) is 5.69 Å². The van der Waals surface area contributed by atoms with Crippen molar-refractivity contribution in [3.05, 3.63) is 30.1 Å². The normalized spacial score (nSPS) is 10.9. The summed E-state index contributed by atoms with van der Waals surface area (Å²) in [6.45, 7) is 5.70. The van der Waals surface area contributed by atoms with Gasteiger partial charge in [-0.1, -0.05) is 6.07 Å². The minimum Gasteiger partial charge on any atom is -0.329 e. The van der Waals surface area contributed by atoms with Gasteiger partial charge in [0.05, 0.1) is 11.1 Å². The summed E-state index contributed by atoms with van der Waals surface area (Å²) < 4.78 is 1.60. The highest BCUT2D eigenvalue weighted by molar-refractivity contribution is 5.95. The first-order chi connectivity index (χ1) is 9.44. The van der Waals surface area contributed by atoms with Crippen molar-refractivity contribution in [1.29, 1.82) is 0 Å². The van der Waals surface area contributed by atoms with Gasteiger partial charge in [0, 0.05) is 12.2 Å². The molecular weight excluding hydrogens is 292 g/mol. The van der Waals surface area contributed by atoms with Crippen LogP contribution in [0.3, 0.4) is 0 Å². The maximum Gasteiger partial charge on any atom is 0.231 e. The number of hydrogen-bond donors (Lipinski definition) is 2. The molecule has 1 heterocycles. The second kappa shape index (κ2) is 6.64. The summed E-state index contributed by atoms with van der Waals surface area (Å²) >= 11 is 0. The van der Waals surface area contributed by atoms with Gasteiger partial charge in [-0.3, -0.25) is 4.79 Å². The van der Waals surface area contributed by atoms with E-state index in [0.717, 1.165) is 5.69 Å². The molecule has 0 atom stereocenters. The van der Waals surface area contributed by atoms with Gasteiger partial charge in [0.25, 0.3) is 0 Å². The van der Waals surface area contributed by atoms with Gasteiger partial charge >= 0.3 is 0 Å². The minimum atomic E-state index is -0.610. The summed E-state index contributed by atoms with van der Waals surface area (Å²) in [7, 11) is 0. The zero-order valence-electron chi connectivity index (χ0n) is 12.2. The van der Waals surface area contributed by atoms with Crippen molar-refractivity contribution in [2.75, 3.05) is 11.9 Å². The molecule has 1 aromatic carbocycles. The molecule has 0 radical (unpaired) electrons. The Balaban J connectivity index is 0.00000220. The Hall–Kier alpha value is -1.99. The number of nitrogens with zero attached hydrogens (tertiary/aromatic N) is 4.